The largest absolute Gasteiger partial charge is 0.496 e. The molecule has 1 aliphatic rings. The third-order valence-electron chi connectivity index (χ3n) is 4.39. The van der Waals surface area contributed by atoms with E-state index in [4.69, 9.17) is 21.1 Å². The van der Waals surface area contributed by atoms with E-state index < -0.39 is 11.7 Å². The highest BCUT2D eigenvalue weighted by atomic mass is 35.5. The van der Waals surface area contributed by atoms with Crippen molar-refractivity contribution in [3.63, 3.8) is 0 Å². The number of halogens is 1. The molecule has 1 saturated carbocycles. The molecule has 1 fully saturated rings. The molecular weight excluding hydrogens is 288 g/mol. The van der Waals surface area contributed by atoms with Crippen LogP contribution in [0.4, 0.5) is 0 Å². The first-order valence-electron chi connectivity index (χ1n) is 7.76. The lowest BCUT2D eigenvalue weighted by Crippen LogP contribution is -2.47. The number of benzene rings is 1. The van der Waals surface area contributed by atoms with E-state index >= 15 is 0 Å². The Morgan fingerprint density at radius 3 is 2.62 bits per heavy atom. The van der Waals surface area contributed by atoms with Gasteiger partial charge in [0.15, 0.2) is 0 Å². The SMILES string of the molecule is CCOC1(C(O)Cc2cc(Cl)ccc2OC)CCCCC1. The number of methoxy groups -OCH3 is 1. The Balaban J connectivity index is 2.18. The zero-order chi connectivity index (χ0) is 15.3. The third-order valence-corrected chi connectivity index (χ3v) is 4.63. The number of hydrogen-bond donors (Lipinski definition) is 1. The van der Waals surface area contributed by atoms with Crippen molar-refractivity contribution in [2.24, 2.45) is 0 Å². The number of aliphatic hydroxyl groups is 1. The summed E-state index contributed by atoms with van der Waals surface area (Å²) in [7, 11) is 1.64. The molecule has 0 aliphatic heterocycles. The number of ether oxygens (including phenoxy) is 2. The van der Waals surface area contributed by atoms with Crippen molar-refractivity contribution >= 4 is 11.6 Å². The Kier molecular flexibility index (Phi) is 5.91. The van der Waals surface area contributed by atoms with Gasteiger partial charge in [0.25, 0.3) is 0 Å². The summed E-state index contributed by atoms with van der Waals surface area (Å²) in [6, 6.07) is 5.51. The van der Waals surface area contributed by atoms with Crippen LogP contribution in [0.25, 0.3) is 0 Å². The van der Waals surface area contributed by atoms with Crippen molar-refractivity contribution < 1.29 is 14.6 Å². The summed E-state index contributed by atoms with van der Waals surface area (Å²) in [5, 5.41) is 11.5. The summed E-state index contributed by atoms with van der Waals surface area (Å²) in [6.45, 7) is 2.62. The van der Waals surface area contributed by atoms with Gasteiger partial charge in [0.05, 0.1) is 18.8 Å². The Hall–Kier alpha value is -0.770. The molecule has 2 rings (SSSR count). The lowest BCUT2D eigenvalue weighted by Gasteiger charge is -2.41. The molecule has 1 N–H and O–H groups in total. The molecule has 1 unspecified atom stereocenters. The molecule has 1 aromatic rings. The fraction of sp³-hybridized carbons (Fsp3) is 0.647. The maximum Gasteiger partial charge on any atom is 0.122 e. The summed E-state index contributed by atoms with van der Waals surface area (Å²) in [5.41, 5.74) is 0.516. The van der Waals surface area contributed by atoms with Gasteiger partial charge in [-0.2, -0.15) is 0 Å². The van der Waals surface area contributed by atoms with E-state index in [1.807, 2.05) is 19.1 Å². The second-order valence-electron chi connectivity index (χ2n) is 5.73. The Labute approximate surface area is 132 Å². The van der Waals surface area contributed by atoms with E-state index in [9.17, 15) is 5.11 Å². The first-order chi connectivity index (χ1) is 10.1. The lowest BCUT2D eigenvalue weighted by molar-refractivity contribution is -0.138. The van der Waals surface area contributed by atoms with Gasteiger partial charge in [0.2, 0.25) is 0 Å². The molecule has 0 heterocycles. The molecule has 0 aromatic heterocycles. The molecule has 1 aromatic carbocycles. The van der Waals surface area contributed by atoms with Crippen LogP contribution in [-0.2, 0) is 11.2 Å². The van der Waals surface area contributed by atoms with Crippen LogP contribution in [0.5, 0.6) is 5.75 Å². The van der Waals surface area contributed by atoms with Gasteiger partial charge < -0.3 is 14.6 Å². The molecular formula is C17H25ClO3. The van der Waals surface area contributed by atoms with Crippen molar-refractivity contribution in [3.8, 4) is 5.75 Å². The van der Waals surface area contributed by atoms with Crippen LogP contribution in [0.3, 0.4) is 0 Å². The maximum absolute atomic E-state index is 10.8. The minimum atomic E-state index is -0.537. The van der Waals surface area contributed by atoms with Gasteiger partial charge in [-0.25, -0.2) is 0 Å². The average molecular weight is 313 g/mol. The summed E-state index contributed by atoms with van der Waals surface area (Å²) >= 11 is 6.07. The summed E-state index contributed by atoms with van der Waals surface area (Å²) in [5.74, 6) is 0.765. The predicted molar refractivity (Wildman–Crippen MR) is 85.2 cm³/mol. The quantitative estimate of drug-likeness (QED) is 0.863. The Morgan fingerprint density at radius 2 is 2.00 bits per heavy atom. The minimum absolute atomic E-state index is 0.416. The predicted octanol–water partition coefficient (Wildman–Crippen LogP) is 3.99. The molecule has 0 amide bonds. The normalized spacial score (nSPS) is 19.2. The Morgan fingerprint density at radius 1 is 1.29 bits per heavy atom. The van der Waals surface area contributed by atoms with Gasteiger partial charge in [-0.15, -0.1) is 0 Å². The monoisotopic (exact) mass is 312 g/mol. The minimum Gasteiger partial charge on any atom is -0.496 e. The summed E-state index contributed by atoms with van der Waals surface area (Å²) in [4.78, 5) is 0. The smallest absolute Gasteiger partial charge is 0.122 e. The van der Waals surface area contributed by atoms with Crippen LogP contribution in [0.1, 0.15) is 44.6 Å². The van der Waals surface area contributed by atoms with E-state index in [0.717, 1.165) is 37.0 Å². The van der Waals surface area contributed by atoms with Crippen molar-refractivity contribution in [1.82, 2.24) is 0 Å². The highest BCUT2D eigenvalue weighted by Crippen LogP contribution is 2.37. The zero-order valence-electron chi connectivity index (χ0n) is 12.9. The average Bonchev–Trinajstić information content (AvgIpc) is 2.49. The second-order valence-corrected chi connectivity index (χ2v) is 6.17. The fourth-order valence-electron chi connectivity index (χ4n) is 3.31. The van der Waals surface area contributed by atoms with Crippen LogP contribution >= 0.6 is 11.6 Å². The topological polar surface area (TPSA) is 38.7 Å². The van der Waals surface area contributed by atoms with Gasteiger partial charge in [-0.3, -0.25) is 0 Å². The van der Waals surface area contributed by atoms with Crippen LogP contribution in [0, 0.1) is 0 Å². The van der Waals surface area contributed by atoms with Crippen molar-refractivity contribution in [2.45, 2.75) is 57.2 Å². The zero-order valence-corrected chi connectivity index (χ0v) is 13.7. The van der Waals surface area contributed by atoms with E-state index in [2.05, 4.69) is 0 Å². The first-order valence-corrected chi connectivity index (χ1v) is 8.13. The van der Waals surface area contributed by atoms with Crippen molar-refractivity contribution in [2.75, 3.05) is 13.7 Å². The van der Waals surface area contributed by atoms with Gasteiger partial charge in [-0.05, 0) is 43.5 Å². The van der Waals surface area contributed by atoms with E-state index in [0.29, 0.717) is 18.1 Å². The molecule has 3 nitrogen and oxygen atoms in total. The van der Waals surface area contributed by atoms with E-state index in [1.54, 1.807) is 13.2 Å². The molecule has 0 bridgehead atoms. The van der Waals surface area contributed by atoms with Crippen LogP contribution in [0.15, 0.2) is 18.2 Å². The van der Waals surface area contributed by atoms with Crippen LogP contribution < -0.4 is 4.74 Å². The second kappa shape index (κ2) is 7.48. The Bertz CT molecular complexity index is 450. The number of hydrogen-bond acceptors (Lipinski definition) is 3. The highest BCUT2D eigenvalue weighted by molar-refractivity contribution is 6.30. The molecule has 0 radical (unpaired) electrons. The summed E-state index contributed by atoms with van der Waals surface area (Å²) in [6.07, 6.45) is 5.26. The molecule has 118 valence electrons. The maximum atomic E-state index is 10.8. The fourth-order valence-corrected chi connectivity index (χ4v) is 3.51. The molecule has 0 spiro atoms. The van der Waals surface area contributed by atoms with E-state index in [1.165, 1.54) is 6.42 Å². The van der Waals surface area contributed by atoms with Crippen LogP contribution in [0.2, 0.25) is 5.02 Å². The molecule has 1 atom stereocenters. The number of aliphatic hydroxyl groups excluding tert-OH is 1. The van der Waals surface area contributed by atoms with Gasteiger partial charge in [0, 0.05) is 18.1 Å². The van der Waals surface area contributed by atoms with Crippen LogP contribution in [-0.4, -0.2) is 30.5 Å². The standard InChI is InChI=1S/C17H25ClO3/c1-3-21-17(9-5-4-6-10-17)16(19)12-13-11-14(18)7-8-15(13)20-2/h7-8,11,16,19H,3-6,9-10,12H2,1-2H3. The van der Waals surface area contributed by atoms with E-state index in [-0.39, 0.29) is 0 Å². The van der Waals surface area contributed by atoms with Crippen molar-refractivity contribution in [3.05, 3.63) is 28.8 Å². The lowest BCUT2D eigenvalue weighted by atomic mass is 9.78. The number of rotatable bonds is 6. The molecule has 21 heavy (non-hydrogen) atoms. The molecule has 1 aliphatic carbocycles. The van der Waals surface area contributed by atoms with Crippen molar-refractivity contribution in [1.29, 1.82) is 0 Å². The highest BCUT2D eigenvalue weighted by Gasteiger charge is 2.40. The first kappa shape index (κ1) is 16.6. The molecule has 4 heteroatoms. The third kappa shape index (κ3) is 3.91. The van der Waals surface area contributed by atoms with Gasteiger partial charge in [0.1, 0.15) is 5.75 Å². The van der Waals surface area contributed by atoms with Gasteiger partial charge >= 0.3 is 0 Å². The van der Waals surface area contributed by atoms with Gasteiger partial charge in [-0.1, -0.05) is 30.9 Å². The molecule has 0 saturated heterocycles. The summed E-state index contributed by atoms with van der Waals surface area (Å²) < 4.78 is 11.4.